The van der Waals surface area contributed by atoms with Gasteiger partial charge in [0.25, 0.3) is 5.91 Å². The van der Waals surface area contributed by atoms with Crippen LogP contribution in [0.15, 0.2) is 48.7 Å². The molecule has 0 aliphatic heterocycles. The molecule has 0 fully saturated rings. The van der Waals surface area contributed by atoms with Crippen LogP contribution in [0.2, 0.25) is 0 Å². The van der Waals surface area contributed by atoms with Crippen molar-refractivity contribution >= 4 is 16.8 Å². The number of carbonyl (C=O) groups is 1. The number of pyridine rings is 1. The van der Waals surface area contributed by atoms with Crippen molar-refractivity contribution in [3.8, 4) is 11.4 Å². The van der Waals surface area contributed by atoms with Crippen molar-refractivity contribution in [2.75, 3.05) is 0 Å². The quantitative estimate of drug-likeness (QED) is 0.508. The molecule has 1 aliphatic rings. The van der Waals surface area contributed by atoms with Gasteiger partial charge in [0.1, 0.15) is 17.2 Å². The molecule has 1 atom stereocenters. The average Bonchev–Trinajstić information content (AvgIpc) is 3.34. The molecule has 0 unspecified atom stereocenters. The molecular formula is C21H18FN5O. The van der Waals surface area contributed by atoms with E-state index in [4.69, 9.17) is 0 Å². The van der Waals surface area contributed by atoms with Crippen LogP contribution >= 0.6 is 0 Å². The summed E-state index contributed by atoms with van der Waals surface area (Å²) in [5.41, 5.74) is 4.66. The summed E-state index contributed by atoms with van der Waals surface area (Å²) < 4.78 is 13.7. The van der Waals surface area contributed by atoms with Gasteiger partial charge in [-0.3, -0.25) is 14.9 Å². The predicted octanol–water partition coefficient (Wildman–Crippen LogP) is 3.90. The number of hydrogen-bond acceptors (Lipinski definition) is 3. The van der Waals surface area contributed by atoms with Gasteiger partial charge in [0, 0.05) is 22.8 Å². The molecule has 0 bridgehead atoms. The van der Waals surface area contributed by atoms with Gasteiger partial charge in [-0.05, 0) is 61.2 Å². The Morgan fingerprint density at radius 1 is 1.18 bits per heavy atom. The zero-order chi connectivity index (χ0) is 19.1. The van der Waals surface area contributed by atoms with E-state index in [1.165, 1.54) is 6.07 Å². The van der Waals surface area contributed by atoms with E-state index in [0.717, 1.165) is 41.4 Å². The molecule has 7 heteroatoms. The molecule has 0 saturated carbocycles. The number of fused-ring (bicyclic) bond motifs is 3. The lowest BCUT2D eigenvalue weighted by Crippen LogP contribution is -2.31. The lowest BCUT2D eigenvalue weighted by Gasteiger charge is -2.23. The van der Waals surface area contributed by atoms with Crippen molar-refractivity contribution < 1.29 is 9.18 Å². The van der Waals surface area contributed by atoms with Crippen molar-refractivity contribution in [2.45, 2.75) is 25.3 Å². The maximum Gasteiger partial charge on any atom is 0.269 e. The minimum Gasteiger partial charge on any atom is -0.356 e. The number of nitrogens with one attached hydrogen (secondary N) is 3. The molecule has 3 N–H and O–H groups in total. The number of aromatic nitrogens is 4. The summed E-state index contributed by atoms with van der Waals surface area (Å²) in [6, 6.07) is 11.8. The van der Waals surface area contributed by atoms with Gasteiger partial charge in [0.15, 0.2) is 0 Å². The first-order chi connectivity index (χ1) is 13.7. The van der Waals surface area contributed by atoms with Gasteiger partial charge in [-0.2, -0.15) is 5.10 Å². The smallest absolute Gasteiger partial charge is 0.269 e. The molecule has 3 heterocycles. The lowest BCUT2D eigenvalue weighted by molar-refractivity contribution is 0.0927. The Labute approximate surface area is 160 Å². The fraction of sp³-hybridized carbons (Fsp3) is 0.190. The maximum atomic E-state index is 13.7. The fourth-order valence-electron chi connectivity index (χ4n) is 3.90. The number of benzene rings is 1. The molecule has 1 amide bonds. The van der Waals surface area contributed by atoms with Crippen LogP contribution in [0.5, 0.6) is 0 Å². The number of carbonyl (C=O) groups excluding carboxylic acids is 1. The number of rotatable bonds is 3. The van der Waals surface area contributed by atoms with Crippen LogP contribution in [0, 0.1) is 5.82 Å². The van der Waals surface area contributed by atoms with Gasteiger partial charge in [-0.1, -0.05) is 6.07 Å². The van der Waals surface area contributed by atoms with Gasteiger partial charge in [0.2, 0.25) is 0 Å². The van der Waals surface area contributed by atoms with E-state index in [9.17, 15) is 9.18 Å². The van der Waals surface area contributed by atoms with Crippen LogP contribution < -0.4 is 5.32 Å². The third-order valence-corrected chi connectivity index (χ3v) is 5.22. The lowest BCUT2D eigenvalue weighted by atomic mass is 9.91. The Balaban J connectivity index is 1.41. The molecule has 0 saturated heterocycles. The van der Waals surface area contributed by atoms with Crippen molar-refractivity contribution in [3.05, 3.63) is 71.4 Å². The first-order valence-electron chi connectivity index (χ1n) is 9.27. The van der Waals surface area contributed by atoms with Gasteiger partial charge < -0.3 is 10.3 Å². The third-order valence-electron chi connectivity index (χ3n) is 5.22. The third kappa shape index (κ3) is 2.85. The molecular weight excluding hydrogens is 357 g/mol. The van der Waals surface area contributed by atoms with Crippen LogP contribution in [0.25, 0.3) is 22.3 Å². The number of halogens is 1. The molecule has 5 rings (SSSR count). The van der Waals surface area contributed by atoms with Crippen LogP contribution in [0.3, 0.4) is 0 Å². The minimum absolute atomic E-state index is 0.145. The van der Waals surface area contributed by atoms with Crippen molar-refractivity contribution in [1.29, 1.82) is 0 Å². The first kappa shape index (κ1) is 16.7. The summed E-state index contributed by atoms with van der Waals surface area (Å²) in [4.78, 5) is 20.4. The molecule has 140 valence electrons. The van der Waals surface area contributed by atoms with E-state index in [1.54, 1.807) is 24.4 Å². The molecule has 4 aromatic rings. The minimum atomic E-state index is -0.250. The number of nitrogens with zero attached hydrogens (tertiary/aromatic N) is 2. The Hall–Kier alpha value is -3.48. The summed E-state index contributed by atoms with van der Waals surface area (Å²) in [5, 5.41) is 11.0. The van der Waals surface area contributed by atoms with Crippen LogP contribution in [-0.2, 0) is 6.42 Å². The molecule has 1 aromatic carbocycles. The van der Waals surface area contributed by atoms with Crippen LogP contribution in [0.4, 0.5) is 4.39 Å². The Bertz CT molecular complexity index is 1160. The van der Waals surface area contributed by atoms with E-state index in [2.05, 4.69) is 25.5 Å². The van der Waals surface area contributed by atoms with E-state index in [1.807, 2.05) is 18.2 Å². The standard InChI is InChI=1S/C21H18FN5O/c22-12-7-8-15-14(10-12)13-4-3-6-17(20(13)24-15)25-21(28)19-11-18(26-27-19)16-5-1-2-9-23-16/h1-2,5,7-11,17,24H,3-4,6H2,(H,25,28)(H,26,27)/t17-/m1/s1. The largest absolute Gasteiger partial charge is 0.356 e. The summed E-state index contributed by atoms with van der Waals surface area (Å²) in [6.07, 6.45) is 4.32. The molecule has 0 radical (unpaired) electrons. The summed E-state index contributed by atoms with van der Waals surface area (Å²) in [5.74, 6) is -0.475. The summed E-state index contributed by atoms with van der Waals surface area (Å²) in [7, 11) is 0. The number of aryl methyl sites for hydroxylation is 1. The second-order valence-electron chi connectivity index (χ2n) is 7.01. The van der Waals surface area contributed by atoms with Crippen molar-refractivity contribution in [1.82, 2.24) is 25.5 Å². The van der Waals surface area contributed by atoms with Crippen molar-refractivity contribution in [2.24, 2.45) is 0 Å². The van der Waals surface area contributed by atoms with Crippen LogP contribution in [-0.4, -0.2) is 26.1 Å². The average molecular weight is 375 g/mol. The van der Waals surface area contributed by atoms with E-state index in [-0.39, 0.29) is 17.8 Å². The topological polar surface area (TPSA) is 86.5 Å². The normalized spacial score (nSPS) is 16.1. The van der Waals surface area contributed by atoms with E-state index < -0.39 is 0 Å². The number of amides is 1. The summed E-state index contributed by atoms with van der Waals surface area (Å²) in [6.45, 7) is 0. The molecule has 6 nitrogen and oxygen atoms in total. The number of hydrogen-bond donors (Lipinski definition) is 3. The monoisotopic (exact) mass is 375 g/mol. The molecule has 0 spiro atoms. The first-order valence-corrected chi connectivity index (χ1v) is 9.27. The Morgan fingerprint density at radius 3 is 2.96 bits per heavy atom. The highest BCUT2D eigenvalue weighted by Gasteiger charge is 2.26. The second kappa shape index (κ2) is 6.60. The highest BCUT2D eigenvalue weighted by molar-refractivity contribution is 5.94. The highest BCUT2D eigenvalue weighted by Crippen LogP contribution is 2.35. The summed E-state index contributed by atoms with van der Waals surface area (Å²) >= 11 is 0. The van der Waals surface area contributed by atoms with Gasteiger partial charge in [-0.25, -0.2) is 4.39 Å². The molecule has 28 heavy (non-hydrogen) atoms. The fourth-order valence-corrected chi connectivity index (χ4v) is 3.90. The Kier molecular flexibility index (Phi) is 3.93. The van der Waals surface area contributed by atoms with Gasteiger partial charge >= 0.3 is 0 Å². The zero-order valence-electron chi connectivity index (χ0n) is 15.0. The zero-order valence-corrected chi connectivity index (χ0v) is 15.0. The Morgan fingerprint density at radius 2 is 2.11 bits per heavy atom. The second-order valence-corrected chi connectivity index (χ2v) is 7.01. The van der Waals surface area contributed by atoms with E-state index in [0.29, 0.717) is 17.1 Å². The SMILES string of the molecule is O=C(N[C@@H]1CCCc2c1[nH]c1ccc(F)cc21)c1cc(-c2ccccn2)n[nH]1. The van der Waals surface area contributed by atoms with E-state index >= 15 is 0 Å². The van der Waals surface area contributed by atoms with Crippen LogP contribution in [0.1, 0.15) is 40.6 Å². The molecule has 1 aliphatic carbocycles. The number of aromatic amines is 2. The maximum absolute atomic E-state index is 13.7. The van der Waals surface area contributed by atoms with Gasteiger partial charge in [0.05, 0.1) is 11.7 Å². The van der Waals surface area contributed by atoms with Crippen molar-refractivity contribution in [3.63, 3.8) is 0 Å². The highest BCUT2D eigenvalue weighted by atomic mass is 19.1. The van der Waals surface area contributed by atoms with Gasteiger partial charge in [-0.15, -0.1) is 0 Å². The predicted molar refractivity (Wildman–Crippen MR) is 103 cm³/mol. The molecule has 3 aromatic heterocycles. The number of H-pyrrole nitrogens is 2.